The number of hydrogen-bond donors (Lipinski definition) is 0. The van der Waals surface area contributed by atoms with Crippen LogP contribution < -0.4 is 0 Å². The summed E-state index contributed by atoms with van der Waals surface area (Å²) in [6.45, 7) is 13.8. The lowest BCUT2D eigenvalue weighted by Crippen LogP contribution is -2.28. The standard InChI is InChI=1S/C10H24NPS/c1-7-10(6)13-12-11(8(2)3)9(4)5/h8-10,12H,7H2,1-6H3/p+1. The van der Waals surface area contributed by atoms with E-state index >= 15 is 0 Å². The van der Waals surface area contributed by atoms with Crippen molar-refractivity contribution in [1.82, 2.24) is 4.67 Å². The fraction of sp³-hybridized carbons (Fsp3) is 1.00. The summed E-state index contributed by atoms with van der Waals surface area (Å²) in [5, 5.41) is 0.829. The van der Waals surface area contributed by atoms with Gasteiger partial charge in [0.15, 0.2) is 0 Å². The molecule has 0 fully saturated rings. The minimum atomic E-state index is 0.422. The molecule has 0 N–H and O–H groups in total. The zero-order valence-electron chi connectivity index (χ0n) is 9.87. The van der Waals surface area contributed by atoms with E-state index in [4.69, 9.17) is 0 Å². The van der Waals surface area contributed by atoms with Crippen molar-refractivity contribution in [1.29, 1.82) is 0 Å². The van der Waals surface area contributed by atoms with Crippen LogP contribution in [0.1, 0.15) is 48.0 Å². The lowest BCUT2D eigenvalue weighted by atomic mass is 10.3. The Morgan fingerprint density at radius 2 is 1.54 bits per heavy atom. The van der Waals surface area contributed by atoms with Gasteiger partial charge in [-0.3, -0.25) is 0 Å². The fourth-order valence-electron chi connectivity index (χ4n) is 1.11. The predicted octanol–water partition coefficient (Wildman–Crippen LogP) is 3.88. The highest BCUT2D eigenvalue weighted by Crippen LogP contribution is 2.40. The third-order valence-corrected chi connectivity index (χ3v) is 7.03. The molecule has 0 spiro atoms. The van der Waals surface area contributed by atoms with Gasteiger partial charge in [-0.05, 0) is 41.0 Å². The number of hydrogen-bond acceptors (Lipinski definition) is 2. The van der Waals surface area contributed by atoms with Crippen LogP contribution in [-0.2, 0) is 0 Å². The summed E-state index contributed by atoms with van der Waals surface area (Å²) in [5.41, 5.74) is 0. The van der Waals surface area contributed by atoms with Crippen LogP contribution in [-0.4, -0.2) is 22.0 Å². The second-order valence-corrected chi connectivity index (χ2v) is 7.43. The highest BCUT2D eigenvalue weighted by atomic mass is 32.7. The first-order valence-electron chi connectivity index (χ1n) is 5.25. The third-order valence-electron chi connectivity index (χ3n) is 2.18. The molecular weight excluding hydrogens is 197 g/mol. The average Bonchev–Trinajstić information content (AvgIpc) is 2.03. The molecule has 0 aliphatic heterocycles. The van der Waals surface area contributed by atoms with Crippen LogP contribution in [0.15, 0.2) is 0 Å². The van der Waals surface area contributed by atoms with E-state index in [9.17, 15) is 0 Å². The van der Waals surface area contributed by atoms with Gasteiger partial charge in [-0.25, -0.2) is 0 Å². The van der Waals surface area contributed by atoms with Crippen molar-refractivity contribution in [2.75, 3.05) is 0 Å². The zero-order valence-corrected chi connectivity index (χ0v) is 11.8. The molecule has 0 bridgehead atoms. The first kappa shape index (κ1) is 13.7. The Balaban J connectivity index is 3.83. The molecule has 0 amide bonds. The highest BCUT2D eigenvalue weighted by Gasteiger charge is 2.20. The van der Waals surface area contributed by atoms with Gasteiger partial charge in [-0.15, -0.1) is 0 Å². The maximum Gasteiger partial charge on any atom is 0.117 e. The molecule has 2 atom stereocenters. The second kappa shape index (κ2) is 7.09. The molecule has 13 heavy (non-hydrogen) atoms. The Bertz CT molecular complexity index is 120. The largest absolute Gasteiger partial charge is 0.169 e. The van der Waals surface area contributed by atoms with Crippen molar-refractivity contribution in [3.8, 4) is 0 Å². The zero-order chi connectivity index (χ0) is 10.4. The second-order valence-electron chi connectivity index (χ2n) is 4.10. The van der Waals surface area contributed by atoms with Crippen LogP contribution in [0.5, 0.6) is 0 Å². The van der Waals surface area contributed by atoms with Crippen LogP contribution in [0.25, 0.3) is 0 Å². The van der Waals surface area contributed by atoms with Crippen LogP contribution in [0.4, 0.5) is 0 Å². The molecule has 3 heteroatoms. The van der Waals surface area contributed by atoms with Crippen molar-refractivity contribution in [2.45, 2.75) is 65.3 Å². The first-order valence-corrected chi connectivity index (χ1v) is 8.12. The monoisotopic (exact) mass is 222 g/mol. The molecule has 80 valence electrons. The van der Waals surface area contributed by atoms with E-state index in [1.807, 2.05) is 0 Å². The molecule has 1 nitrogen and oxygen atoms in total. The van der Waals surface area contributed by atoms with E-state index in [0.29, 0.717) is 20.0 Å². The van der Waals surface area contributed by atoms with Gasteiger partial charge >= 0.3 is 0 Å². The molecule has 0 aromatic carbocycles. The Labute approximate surface area is 89.6 Å². The van der Waals surface area contributed by atoms with Crippen LogP contribution in [0.2, 0.25) is 0 Å². The molecule has 0 aromatic heterocycles. The van der Waals surface area contributed by atoms with E-state index in [2.05, 4.69) is 57.6 Å². The molecule has 0 saturated carbocycles. The van der Waals surface area contributed by atoms with Crippen LogP contribution in [0, 0.1) is 0 Å². The molecule has 2 unspecified atom stereocenters. The molecule has 0 rings (SSSR count). The van der Waals surface area contributed by atoms with Crippen molar-refractivity contribution in [3.63, 3.8) is 0 Å². The summed E-state index contributed by atoms with van der Waals surface area (Å²) in [6, 6.07) is 1.40. The fourth-order valence-corrected chi connectivity index (χ4v) is 5.22. The van der Waals surface area contributed by atoms with E-state index in [-0.39, 0.29) is 0 Å². The van der Waals surface area contributed by atoms with Gasteiger partial charge in [0.25, 0.3) is 0 Å². The molecule has 0 aromatic rings. The third kappa shape index (κ3) is 5.93. The van der Waals surface area contributed by atoms with Gasteiger partial charge in [0.2, 0.25) is 0 Å². The minimum Gasteiger partial charge on any atom is -0.169 e. The van der Waals surface area contributed by atoms with Gasteiger partial charge in [-0.1, -0.05) is 6.92 Å². The van der Waals surface area contributed by atoms with Crippen LogP contribution in [0.3, 0.4) is 0 Å². The van der Waals surface area contributed by atoms with Gasteiger partial charge in [0.1, 0.15) is 7.93 Å². The quantitative estimate of drug-likeness (QED) is 0.627. The van der Waals surface area contributed by atoms with Gasteiger partial charge in [0.05, 0.1) is 0 Å². The smallest absolute Gasteiger partial charge is 0.117 e. The number of rotatable bonds is 6. The van der Waals surface area contributed by atoms with Crippen molar-refractivity contribution < 1.29 is 0 Å². The molecule has 0 heterocycles. The Morgan fingerprint density at radius 1 is 1.08 bits per heavy atom. The molecule has 0 aliphatic carbocycles. The molecule has 0 radical (unpaired) electrons. The number of nitrogens with zero attached hydrogens (tertiary/aromatic N) is 1. The van der Waals surface area contributed by atoms with Crippen LogP contribution >= 0.6 is 19.3 Å². The Morgan fingerprint density at radius 3 is 1.85 bits per heavy atom. The maximum absolute atomic E-state index is 2.62. The first-order chi connectivity index (χ1) is 5.99. The van der Waals surface area contributed by atoms with E-state index < -0.39 is 0 Å². The van der Waals surface area contributed by atoms with Crippen molar-refractivity contribution >= 4 is 19.3 Å². The maximum atomic E-state index is 2.62. The average molecular weight is 222 g/mol. The summed E-state index contributed by atoms with van der Waals surface area (Å²) in [6.07, 6.45) is 1.29. The highest BCUT2D eigenvalue weighted by molar-refractivity contribution is 8.49. The Hall–Kier alpha value is 0.740. The summed E-state index contributed by atoms with van der Waals surface area (Å²) in [5.74, 6) is 0. The van der Waals surface area contributed by atoms with Crippen molar-refractivity contribution in [2.24, 2.45) is 0 Å². The summed E-state index contributed by atoms with van der Waals surface area (Å²) in [7, 11) is 0.422. The lowest BCUT2D eigenvalue weighted by Gasteiger charge is -2.23. The topological polar surface area (TPSA) is 3.24 Å². The van der Waals surface area contributed by atoms with Crippen molar-refractivity contribution in [3.05, 3.63) is 0 Å². The molecule has 0 aliphatic rings. The van der Waals surface area contributed by atoms with Gasteiger partial charge in [0, 0.05) is 28.7 Å². The van der Waals surface area contributed by atoms with E-state index in [1.54, 1.807) is 0 Å². The molecule has 0 saturated heterocycles. The normalized spacial score (nSPS) is 15.5. The summed E-state index contributed by atoms with van der Waals surface area (Å²) >= 11 is 2.15. The predicted molar refractivity (Wildman–Crippen MR) is 69.2 cm³/mol. The Kier molecular flexibility index (Phi) is 7.49. The van der Waals surface area contributed by atoms with Gasteiger partial charge < -0.3 is 0 Å². The SMILES string of the molecule is CCC(C)S[PH2+]N(C(C)C)C(C)C. The van der Waals surface area contributed by atoms with Gasteiger partial charge in [-0.2, -0.15) is 4.67 Å². The van der Waals surface area contributed by atoms with E-state index in [0.717, 1.165) is 5.25 Å². The van der Waals surface area contributed by atoms with E-state index in [1.165, 1.54) is 6.42 Å². The lowest BCUT2D eigenvalue weighted by molar-refractivity contribution is 0.332. The molecular formula is C10H25NPS+. The summed E-state index contributed by atoms with van der Waals surface area (Å²) < 4.78 is 2.62. The minimum absolute atomic E-state index is 0.422. The summed E-state index contributed by atoms with van der Waals surface area (Å²) in [4.78, 5) is 0.